The Morgan fingerprint density at radius 2 is 1.93 bits per heavy atom. The molecule has 1 N–H and O–H groups in total. The summed E-state index contributed by atoms with van der Waals surface area (Å²) in [6.07, 6.45) is 0.937. The summed E-state index contributed by atoms with van der Waals surface area (Å²) in [5.74, 6) is 0.188. The summed E-state index contributed by atoms with van der Waals surface area (Å²) in [6.45, 7) is 2.10. The lowest BCUT2D eigenvalue weighted by molar-refractivity contribution is 0.102. The van der Waals surface area contributed by atoms with Crippen LogP contribution in [0.3, 0.4) is 0 Å². The molecule has 0 aliphatic rings. The van der Waals surface area contributed by atoms with Crippen molar-refractivity contribution in [2.24, 2.45) is 0 Å². The number of amides is 1. The minimum Gasteiger partial charge on any atom is -0.436 e. The van der Waals surface area contributed by atoms with E-state index < -0.39 is 0 Å². The number of nitrogens with one attached hydrogen (secondary N) is 1. The molecule has 1 heterocycles. The first-order valence-corrected chi connectivity index (χ1v) is 9.55. The van der Waals surface area contributed by atoms with E-state index in [-0.39, 0.29) is 5.91 Å². The highest BCUT2D eigenvalue weighted by Crippen LogP contribution is 2.28. The van der Waals surface area contributed by atoms with Crippen LogP contribution in [0.5, 0.6) is 0 Å². The molecule has 4 nitrogen and oxygen atoms in total. The van der Waals surface area contributed by atoms with Crippen LogP contribution in [0, 0.1) is 0 Å². The molecule has 0 atom stereocenters. The molecule has 4 aromatic rings. The van der Waals surface area contributed by atoms with Gasteiger partial charge in [-0.2, -0.15) is 0 Å². The Morgan fingerprint density at radius 1 is 1.07 bits per heavy atom. The van der Waals surface area contributed by atoms with Crippen LogP contribution in [0.2, 0.25) is 10.0 Å². The smallest absolute Gasteiger partial charge is 0.257 e. The first-order chi connectivity index (χ1) is 13.5. The van der Waals surface area contributed by atoms with Gasteiger partial charge in [0, 0.05) is 16.3 Å². The number of benzene rings is 3. The molecule has 0 saturated carbocycles. The maximum Gasteiger partial charge on any atom is 0.257 e. The number of oxazole rings is 1. The third-order valence-electron chi connectivity index (χ3n) is 4.40. The molecule has 3 aromatic carbocycles. The number of carbonyl (C=O) groups excluding carboxylic acids is 1. The summed E-state index contributed by atoms with van der Waals surface area (Å²) in [6, 6.07) is 18.1. The number of aryl methyl sites for hydroxylation is 1. The summed E-state index contributed by atoms with van der Waals surface area (Å²) in [7, 11) is 0. The minimum atomic E-state index is -0.316. The van der Waals surface area contributed by atoms with Crippen molar-refractivity contribution >= 4 is 45.9 Å². The molecule has 0 bridgehead atoms. The number of fused-ring (bicyclic) bond motifs is 1. The van der Waals surface area contributed by atoms with Crippen LogP contribution in [-0.4, -0.2) is 10.9 Å². The number of nitrogens with zero attached hydrogens (tertiary/aromatic N) is 1. The van der Waals surface area contributed by atoms with E-state index >= 15 is 0 Å². The van der Waals surface area contributed by atoms with E-state index in [1.165, 1.54) is 11.6 Å². The standard InChI is InChI=1S/C22H16Cl2N2O2/c1-2-13-6-9-20-19(10-13)26-22(28-20)14-4-3-5-16(11-14)25-21(27)17-8-7-15(23)12-18(17)24/h3-12H,2H2,1H3,(H,25,27). The Kier molecular flexibility index (Phi) is 5.07. The van der Waals surface area contributed by atoms with E-state index in [4.69, 9.17) is 27.6 Å². The second-order valence-corrected chi connectivity index (χ2v) is 7.18. The Morgan fingerprint density at radius 3 is 2.71 bits per heavy atom. The first kappa shape index (κ1) is 18.5. The van der Waals surface area contributed by atoms with Crippen molar-refractivity contribution in [1.82, 2.24) is 4.98 Å². The third-order valence-corrected chi connectivity index (χ3v) is 4.95. The quantitative estimate of drug-likeness (QED) is 0.411. The Labute approximate surface area is 172 Å². The van der Waals surface area contributed by atoms with Crippen LogP contribution >= 0.6 is 23.2 Å². The molecule has 28 heavy (non-hydrogen) atoms. The van der Waals surface area contributed by atoms with Gasteiger partial charge in [-0.25, -0.2) is 4.98 Å². The van der Waals surface area contributed by atoms with Gasteiger partial charge in [0.25, 0.3) is 5.91 Å². The maximum absolute atomic E-state index is 12.5. The van der Waals surface area contributed by atoms with Crippen LogP contribution in [0.1, 0.15) is 22.8 Å². The molecule has 0 aliphatic heterocycles. The minimum absolute atomic E-state index is 0.298. The number of aromatic nitrogens is 1. The fourth-order valence-corrected chi connectivity index (χ4v) is 3.41. The average molecular weight is 411 g/mol. The number of hydrogen-bond donors (Lipinski definition) is 1. The predicted octanol–water partition coefficient (Wildman–Crippen LogP) is 6.62. The van der Waals surface area contributed by atoms with Gasteiger partial charge in [0.05, 0.1) is 10.6 Å². The van der Waals surface area contributed by atoms with Gasteiger partial charge in [0.15, 0.2) is 5.58 Å². The number of carbonyl (C=O) groups is 1. The highest BCUT2D eigenvalue weighted by Gasteiger charge is 2.13. The van der Waals surface area contributed by atoms with Gasteiger partial charge in [-0.15, -0.1) is 0 Å². The number of hydrogen-bond acceptors (Lipinski definition) is 3. The fraction of sp³-hybridized carbons (Fsp3) is 0.0909. The zero-order chi connectivity index (χ0) is 19.7. The largest absolute Gasteiger partial charge is 0.436 e. The van der Waals surface area contributed by atoms with Gasteiger partial charge in [0.2, 0.25) is 5.89 Å². The second kappa shape index (κ2) is 7.66. The van der Waals surface area contributed by atoms with Crippen LogP contribution < -0.4 is 5.32 Å². The molecule has 6 heteroatoms. The Bertz CT molecular complexity index is 1180. The SMILES string of the molecule is CCc1ccc2oc(-c3cccc(NC(=O)c4ccc(Cl)cc4Cl)c3)nc2c1. The zero-order valence-corrected chi connectivity index (χ0v) is 16.5. The van der Waals surface area contributed by atoms with Crippen LogP contribution in [0.4, 0.5) is 5.69 Å². The van der Waals surface area contributed by atoms with E-state index in [9.17, 15) is 4.79 Å². The summed E-state index contributed by atoms with van der Waals surface area (Å²) >= 11 is 12.0. The van der Waals surface area contributed by atoms with Gasteiger partial charge in [0.1, 0.15) is 5.52 Å². The lowest BCUT2D eigenvalue weighted by atomic mass is 10.1. The van der Waals surface area contributed by atoms with Crippen LogP contribution in [0.25, 0.3) is 22.6 Å². The van der Waals surface area contributed by atoms with Crippen molar-refractivity contribution in [1.29, 1.82) is 0 Å². The van der Waals surface area contributed by atoms with Gasteiger partial charge in [-0.05, 0) is 60.5 Å². The second-order valence-electron chi connectivity index (χ2n) is 6.33. The van der Waals surface area contributed by atoms with Gasteiger partial charge < -0.3 is 9.73 Å². The maximum atomic E-state index is 12.5. The third kappa shape index (κ3) is 3.75. The summed E-state index contributed by atoms with van der Waals surface area (Å²) in [5.41, 5.74) is 4.49. The van der Waals surface area contributed by atoms with Crippen LogP contribution in [-0.2, 0) is 6.42 Å². The molecule has 4 rings (SSSR count). The Balaban J connectivity index is 1.61. The molecule has 0 spiro atoms. The monoisotopic (exact) mass is 410 g/mol. The highest BCUT2D eigenvalue weighted by molar-refractivity contribution is 6.37. The van der Waals surface area contributed by atoms with Crippen molar-refractivity contribution in [2.45, 2.75) is 13.3 Å². The molecule has 140 valence electrons. The fourth-order valence-electron chi connectivity index (χ4n) is 2.92. The highest BCUT2D eigenvalue weighted by atomic mass is 35.5. The van der Waals surface area contributed by atoms with Gasteiger partial charge >= 0.3 is 0 Å². The predicted molar refractivity (Wildman–Crippen MR) is 113 cm³/mol. The molecule has 0 radical (unpaired) electrons. The lowest BCUT2D eigenvalue weighted by Crippen LogP contribution is -2.12. The molecule has 0 saturated heterocycles. The summed E-state index contributed by atoms with van der Waals surface area (Å²) < 4.78 is 5.87. The van der Waals surface area contributed by atoms with Crippen molar-refractivity contribution in [3.8, 4) is 11.5 Å². The topological polar surface area (TPSA) is 55.1 Å². The summed E-state index contributed by atoms with van der Waals surface area (Å²) in [4.78, 5) is 17.1. The van der Waals surface area contributed by atoms with Gasteiger partial charge in [-0.3, -0.25) is 4.79 Å². The van der Waals surface area contributed by atoms with E-state index in [0.29, 0.717) is 27.2 Å². The van der Waals surface area contributed by atoms with E-state index in [0.717, 1.165) is 23.1 Å². The Hall–Kier alpha value is -2.82. The zero-order valence-electron chi connectivity index (χ0n) is 15.0. The molecule has 1 amide bonds. The van der Waals surface area contributed by atoms with E-state index in [1.807, 2.05) is 36.4 Å². The van der Waals surface area contributed by atoms with E-state index in [1.54, 1.807) is 18.2 Å². The number of halogens is 2. The van der Waals surface area contributed by atoms with E-state index in [2.05, 4.69) is 17.2 Å². The van der Waals surface area contributed by atoms with Crippen molar-refractivity contribution in [3.63, 3.8) is 0 Å². The molecular weight excluding hydrogens is 395 g/mol. The number of rotatable bonds is 4. The van der Waals surface area contributed by atoms with Gasteiger partial charge in [-0.1, -0.05) is 42.3 Å². The summed E-state index contributed by atoms with van der Waals surface area (Å²) in [5, 5.41) is 3.62. The molecule has 0 fully saturated rings. The van der Waals surface area contributed by atoms with Crippen molar-refractivity contribution in [2.75, 3.05) is 5.32 Å². The van der Waals surface area contributed by atoms with Crippen molar-refractivity contribution < 1.29 is 9.21 Å². The van der Waals surface area contributed by atoms with Crippen molar-refractivity contribution in [3.05, 3.63) is 81.8 Å². The normalized spacial score (nSPS) is 11.0. The molecule has 0 unspecified atom stereocenters. The molecule has 0 aliphatic carbocycles. The lowest BCUT2D eigenvalue weighted by Gasteiger charge is -2.08. The average Bonchev–Trinajstić information content (AvgIpc) is 3.11. The molecule has 1 aromatic heterocycles. The first-order valence-electron chi connectivity index (χ1n) is 8.80. The molecular formula is C22H16Cl2N2O2. The van der Waals surface area contributed by atoms with Crippen LogP contribution in [0.15, 0.2) is 65.1 Å². The number of anilines is 1.